The first-order valence-corrected chi connectivity index (χ1v) is 9.32. The van der Waals surface area contributed by atoms with E-state index >= 15 is 0 Å². The van der Waals surface area contributed by atoms with Crippen molar-refractivity contribution in [3.05, 3.63) is 18.2 Å². The van der Waals surface area contributed by atoms with Crippen LogP contribution in [-0.4, -0.2) is 63.4 Å². The molecule has 0 bridgehead atoms. The topological polar surface area (TPSA) is 145 Å². The van der Waals surface area contributed by atoms with E-state index < -0.39 is 23.9 Å². The van der Waals surface area contributed by atoms with Crippen molar-refractivity contribution in [1.82, 2.24) is 31.2 Å². The Kier molecular flexibility index (Phi) is 5.89. The lowest BCUT2D eigenvalue weighted by Crippen LogP contribution is -2.54. The van der Waals surface area contributed by atoms with Crippen molar-refractivity contribution in [3.8, 4) is 0 Å². The standard InChI is InChI=1S/C15H20N6O4S/c22-12-2-1-9(19-12)13(23)20-10(3-8-4-16-6-18-8)14(24)21-15(25)11-5-17-7-26-11/h4,6,9-11,17H,1-3,5,7H2,(H,16,18)(H,19,22)(H,20,23)(H,21,24,25)/t9-,10-,11?/m0/s1. The van der Waals surface area contributed by atoms with Crippen LogP contribution in [0.4, 0.5) is 0 Å². The summed E-state index contributed by atoms with van der Waals surface area (Å²) in [5.41, 5.74) is 0.574. The molecule has 0 radical (unpaired) electrons. The predicted molar refractivity (Wildman–Crippen MR) is 92.8 cm³/mol. The van der Waals surface area contributed by atoms with Crippen molar-refractivity contribution in [2.24, 2.45) is 0 Å². The first-order chi connectivity index (χ1) is 12.5. The number of amides is 4. The van der Waals surface area contributed by atoms with Crippen molar-refractivity contribution >= 4 is 35.4 Å². The van der Waals surface area contributed by atoms with Crippen molar-refractivity contribution in [3.63, 3.8) is 0 Å². The number of nitrogens with one attached hydrogen (secondary N) is 5. The van der Waals surface area contributed by atoms with Gasteiger partial charge in [0.1, 0.15) is 12.1 Å². The van der Waals surface area contributed by atoms with Gasteiger partial charge in [-0.1, -0.05) is 0 Å². The Hall–Kier alpha value is -2.40. The number of aromatic nitrogens is 2. The highest BCUT2D eigenvalue weighted by molar-refractivity contribution is 8.00. The summed E-state index contributed by atoms with van der Waals surface area (Å²) in [6.07, 6.45) is 3.87. The average molecular weight is 380 g/mol. The minimum atomic E-state index is -0.966. The summed E-state index contributed by atoms with van der Waals surface area (Å²) < 4.78 is 0. The number of imide groups is 1. The lowest BCUT2D eigenvalue weighted by molar-refractivity contribution is -0.134. The fourth-order valence-electron chi connectivity index (χ4n) is 2.77. The molecule has 0 aromatic carbocycles. The Morgan fingerprint density at radius 3 is 2.81 bits per heavy atom. The van der Waals surface area contributed by atoms with Crippen LogP contribution in [0.25, 0.3) is 0 Å². The number of carbonyl (C=O) groups excluding carboxylic acids is 4. The predicted octanol–water partition coefficient (Wildman–Crippen LogP) is -1.98. The SMILES string of the molecule is O=C1CC[C@@H](C(=O)N[C@@H](Cc2c[nH]cn2)C(=O)NC(=O)C2CNCS2)N1. The number of hydrogen-bond donors (Lipinski definition) is 5. The van der Waals surface area contributed by atoms with Crippen LogP contribution < -0.4 is 21.3 Å². The highest BCUT2D eigenvalue weighted by atomic mass is 32.2. The molecule has 3 heterocycles. The molecule has 3 rings (SSSR count). The summed E-state index contributed by atoms with van der Waals surface area (Å²) >= 11 is 1.42. The normalized spacial score (nSPS) is 23.3. The minimum Gasteiger partial charge on any atom is -0.351 e. The maximum atomic E-state index is 12.5. The second-order valence-corrected chi connectivity index (χ2v) is 7.28. The van der Waals surface area contributed by atoms with Crippen molar-refractivity contribution in [2.75, 3.05) is 12.4 Å². The molecule has 1 aromatic rings. The van der Waals surface area contributed by atoms with Gasteiger partial charge in [-0.15, -0.1) is 11.8 Å². The van der Waals surface area contributed by atoms with Crippen LogP contribution in [0.15, 0.2) is 12.5 Å². The van der Waals surface area contributed by atoms with E-state index in [9.17, 15) is 19.2 Å². The quantitative estimate of drug-likeness (QED) is 0.384. The van der Waals surface area contributed by atoms with Crippen LogP contribution in [0.5, 0.6) is 0 Å². The van der Waals surface area contributed by atoms with Gasteiger partial charge in [-0.05, 0) is 6.42 Å². The third-order valence-electron chi connectivity index (χ3n) is 4.17. The molecule has 4 amide bonds. The molecule has 11 heteroatoms. The Labute approximate surface area is 153 Å². The van der Waals surface area contributed by atoms with Gasteiger partial charge in [-0.25, -0.2) is 4.98 Å². The second-order valence-electron chi connectivity index (χ2n) is 6.09. The van der Waals surface area contributed by atoms with Crippen molar-refractivity contribution in [1.29, 1.82) is 0 Å². The van der Waals surface area contributed by atoms with Gasteiger partial charge >= 0.3 is 0 Å². The van der Waals surface area contributed by atoms with E-state index in [0.717, 1.165) is 0 Å². The summed E-state index contributed by atoms with van der Waals surface area (Å²) in [6.45, 7) is 0.494. The molecule has 0 aliphatic carbocycles. The number of thioether (sulfide) groups is 1. The number of rotatable bonds is 6. The minimum absolute atomic E-state index is 0.130. The molecular formula is C15H20N6O4S. The molecule has 1 aromatic heterocycles. The zero-order valence-electron chi connectivity index (χ0n) is 13.9. The average Bonchev–Trinajstić information content (AvgIpc) is 3.36. The van der Waals surface area contributed by atoms with Gasteiger partial charge in [0, 0.05) is 31.5 Å². The van der Waals surface area contributed by atoms with E-state index in [1.165, 1.54) is 18.1 Å². The number of nitrogens with zero attached hydrogens (tertiary/aromatic N) is 1. The number of hydrogen-bond acceptors (Lipinski definition) is 7. The largest absolute Gasteiger partial charge is 0.351 e. The van der Waals surface area contributed by atoms with Crippen LogP contribution in [0, 0.1) is 0 Å². The molecule has 2 aliphatic rings. The zero-order chi connectivity index (χ0) is 18.5. The molecular weight excluding hydrogens is 360 g/mol. The van der Waals surface area contributed by atoms with Crippen LogP contribution in [-0.2, 0) is 25.6 Å². The fourth-order valence-corrected chi connectivity index (χ4v) is 3.65. The van der Waals surface area contributed by atoms with E-state index in [1.807, 2.05) is 0 Å². The molecule has 26 heavy (non-hydrogen) atoms. The highest BCUT2D eigenvalue weighted by Crippen LogP contribution is 2.14. The molecule has 140 valence electrons. The van der Waals surface area contributed by atoms with Crippen LogP contribution in [0.3, 0.4) is 0 Å². The maximum absolute atomic E-state index is 12.5. The van der Waals surface area contributed by atoms with Gasteiger partial charge in [0.15, 0.2) is 0 Å². The summed E-state index contributed by atoms with van der Waals surface area (Å²) in [7, 11) is 0. The highest BCUT2D eigenvalue weighted by Gasteiger charge is 2.32. The summed E-state index contributed by atoms with van der Waals surface area (Å²) in [6, 6.07) is -1.63. The molecule has 2 saturated heterocycles. The van der Waals surface area contributed by atoms with E-state index in [4.69, 9.17) is 0 Å². The van der Waals surface area contributed by atoms with E-state index in [0.29, 0.717) is 24.5 Å². The number of aromatic amines is 1. The van der Waals surface area contributed by atoms with Gasteiger partial charge < -0.3 is 20.9 Å². The third kappa shape index (κ3) is 4.61. The maximum Gasteiger partial charge on any atom is 0.249 e. The van der Waals surface area contributed by atoms with Crippen molar-refractivity contribution in [2.45, 2.75) is 36.6 Å². The smallest absolute Gasteiger partial charge is 0.249 e. The Balaban J connectivity index is 1.63. The first kappa shape index (κ1) is 18.4. The Morgan fingerprint density at radius 1 is 1.35 bits per heavy atom. The molecule has 2 aliphatic heterocycles. The summed E-state index contributed by atoms with van der Waals surface area (Å²) in [5, 5.41) is 10.2. The van der Waals surface area contributed by atoms with E-state index in [2.05, 4.69) is 31.2 Å². The molecule has 1 unspecified atom stereocenters. The van der Waals surface area contributed by atoms with Gasteiger partial charge in [0.2, 0.25) is 23.6 Å². The number of carbonyl (C=O) groups is 4. The van der Waals surface area contributed by atoms with Crippen molar-refractivity contribution < 1.29 is 19.2 Å². The Morgan fingerprint density at radius 2 is 2.19 bits per heavy atom. The molecule has 5 N–H and O–H groups in total. The van der Waals surface area contributed by atoms with Crippen LogP contribution in [0.2, 0.25) is 0 Å². The monoisotopic (exact) mass is 380 g/mol. The van der Waals surface area contributed by atoms with Crippen LogP contribution >= 0.6 is 11.8 Å². The summed E-state index contributed by atoms with van der Waals surface area (Å²) in [4.78, 5) is 55.2. The number of imidazole rings is 1. The lowest BCUT2D eigenvalue weighted by atomic mass is 10.1. The molecule has 10 nitrogen and oxygen atoms in total. The van der Waals surface area contributed by atoms with Crippen LogP contribution in [0.1, 0.15) is 18.5 Å². The van der Waals surface area contributed by atoms with Gasteiger partial charge in [0.05, 0.1) is 17.3 Å². The zero-order valence-corrected chi connectivity index (χ0v) is 14.7. The Bertz CT molecular complexity index is 688. The number of H-pyrrole nitrogens is 1. The summed E-state index contributed by atoms with van der Waals surface area (Å²) in [5.74, 6) is -0.972. The van der Waals surface area contributed by atoms with E-state index in [-0.39, 0.29) is 29.9 Å². The van der Waals surface area contributed by atoms with Gasteiger partial charge in [-0.2, -0.15) is 0 Å². The van der Waals surface area contributed by atoms with E-state index in [1.54, 1.807) is 6.20 Å². The second kappa shape index (κ2) is 8.32. The van der Waals surface area contributed by atoms with Gasteiger partial charge in [-0.3, -0.25) is 24.5 Å². The fraction of sp³-hybridized carbons (Fsp3) is 0.533. The van der Waals surface area contributed by atoms with Gasteiger partial charge in [0.25, 0.3) is 0 Å². The molecule has 3 atom stereocenters. The molecule has 0 spiro atoms. The first-order valence-electron chi connectivity index (χ1n) is 8.27. The molecule has 2 fully saturated rings. The lowest BCUT2D eigenvalue weighted by Gasteiger charge is -2.20. The third-order valence-corrected chi connectivity index (χ3v) is 5.32. The molecule has 0 saturated carbocycles.